The van der Waals surface area contributed by atoms with E-state index in [1.165, 1.54) is 0 Å². The molecule has 3 aromatic heterocycles. The van der Waals surface area contributed by atoms with Crippen molar-refractivity contribution in [3.63, 3.8) is 0 Å². The fourth-order valence-electron chi connectivity index (χ4n) is 4.17. The summed E-state index contributed by atoms with van der Waals surface area (Å²) in [5, 5.41) is 3.82. The number of aromatic amines is 2. The topological polar surface area (TPSA) is 74.4 Å². The Morgan fingerprint density at radius 3 is 2.61 bits per heavy atom. The molecule has 0 fully saturated rings. The highest BCUT2D eigenvalue weighted by molar-refractivity contribution is 6.33. The normalized spacial score (nSPS) is 11.5. The lowest BCUT2D eigenvalue weighted by molar-refractivity contribution is 1.28. The van der Waals surface area contributed by atoms with Crippen molar-refractivity contribution in [2.75, 3.05) is 0 Å². The highest BCUT2D eigenvalue weighted by Gasteiger charge is 2.17. The minimum atomic E-state index is -0.143. The number of pyridine rings is 2. The predicted molar refractivity (Wildman–Crippen MR) is 125 cm³/mol. The van der Waals surface area contributed by atoms with Crippen LogP contribution in [0.4, 0.5) is 0 Å². The zero-order valence-corrected chi connectivity index (χ0v) is 16.9. The standard InChI is InChI=1S/C25H15ClN4O/c26-20-6-2-1-5-17(20)24-29-22-16-8-7-14(15-4-3-10-27-13-15)12-19(16)21-18(23(22)30-24)9-11-28-25(21)31/h1-13H,(H,28,31)(H,29,30). The van der Waals surface area contributed by atoms with Gasteiger partial charge in [-0.2, -0.15) is 0 Å². The monoisotopic (exact) mass is 422 g/mol. The molecule has 5 nitrogen and oxygen atoms in total. The van der Waals surface area contributed by atoms with Gasteiger partial charge in [0.15, 0.2) is 0 Å². The maximum absolute atomic E-state index is 12.9. The lowest BCUT2D eigenvalue weighted by atomic mass is 9.97. The second kappa shape index (κ2) is 6.79. The largest absolute Gasteiger partial charge is 0.337 e. The SMILES string of the molecule is O=c1[nH]ccc2c3nc(-c4ccccc4Cl)[nH]c3c3ccc(-c4cccnc4)cc3c12. The quantitative estimate of drug-likeness (QED) is 0.339. The fraction of sp³-hybridized carbons (Fsp3) is 0. The van der Waals surface area contributed by atoms with Crippen LogP contribution >= 0.6 is 11.6 Å². The van der Waals surface area contributed by atoms with E-state index in [0.717, 1.165) is 43.9 Å². The molecule has 148 valence electrons. The van der Waals surface area contributed by atoms with Crippen molar-refractivity contribution in [3.05, 3.63) is 94.6 Å². The van der Waals surface area contributed by atoms with E-state index in [1.807, 2.05) is 66.9 Å². The summed E-state index contributed by atoms with van der Waals surface area (Å²) in [5.74, 6) is 0.672. The lowest BCUT2D eigenvalue weighted by Gasteiger charge is -2.08. The van der Waals surface area contributed by atoms with E-state index in [0.29, 0.717) is 16.2 Å². The van der Waals surface area contributed by atoms with Crippen LogP contribution in [0.25, 0.3) is 55.1 Å². The number of fused-ring (bicyclic) bond motifs is 6. The summed E-state index contributed by atoms with van der Waals surface area (Å²) >= 11 is 6.42. The van der Waals surface area contributed by atoms with Crippen LogP contribution in [0.1, 0.15) is 0 Å². The van der Waals surface area contributed by atoms with Crippen molar-refractivity contribution >= 4 is 44.2 Å². The van der Waals surface area contributed by atoms with Crippen molar-refractivity contribution < 1.29 is 0 Å². The molecule has 0 saturated heterocycles. The number of hydrogen-bond donors (Lipinski definition) is 2. The van der Waals surface area contributed by atoms with Gasteiger partial charge in [-0.25, -0.2) is 4.98 Å². The molecule has 0 aliphatic carbocycles. The summed E-state index contributed by atoms with van der Waals surface area (Å²) in [6.45, 7) is 0. The van der Waals surface area contributed by atoms with E-state index in [-0.39, 0.29) is 5.56 Å². The van der Waals surface area contributed by atoms with Gasteiger partial charge in [0.1, 0.15) is 5.82 Å². The lowest BCUT2D eigenvalue weighted by Crippen LogP contribution is -2.05. The Morgan fingerprint density at radius 1 is 0.871 bits per heavy atom. The van der Waals surface area contributed by atoms with Gasteiger partial charge in [0, 0.05) is 40.5 Å². The molecule has 0 atom stereocenters. The average Bonchev–Trinajstić information content (AvgIpc) is 3.25. The third-order valence-electron chi connectivity index (χ3n) is 5.60. The molecule has 0 unspecified atom stereocenters. The summed E-state index contributed by atoms with van der Waals surface area (Å²) in [7, 11) is 0. The molecule has 6 heteroatoms. The number of imidazole rings is 1. The van der Waals surface area contributed by atoms with Gasteiger partial charge in [0.25, 0.3) is 5.56 Å². The Balaban J connectivity index is 1.75. The molecule has 0 aliphatic rings. The fourth-order valence-corrected chi connectivity index (χ4v) is 4.39. The summed E-state index contributed by atoms with van der Waals surface area (Å²) in [4.78, 5) is 28.2. The molecule has 0 amide bonds. The van der Waals surface area contributed by atoms with Gasteiger partial charge in [-0.05, 0) is 41.3 Å². The van der Waals surface area contributed by atoms with Crippen molar-refractivity contribution in [2.24, 2.45) is 0 Å². The average molecular weight is 423 g/mol. The van der Waals surface area contributed by atoms with Crippen LogP contribution < -0.4 is 5.56 Å². The van der Waals surface area contributed by atoms with E-state index in [4.69, 9.17) is 16.6 Å². The van der Waals surface area contributed by atoms with Gasteiger partial charge in [-0.15, -0.1) is 0 Å². The number of hydrogen-bond acceptors (Lipinski definition) is 3. The first kappa shape index (κ1) is 17.9. The minimum absolute atomic E-state index is 0.143. The van der Waals surface area contributed by atoms with Gasteiger partial charge in [-0.3, -0.25) is 9.78 Å². The van der Waals surface area contributed by atoms with Crippen molar-refractivity contribution in [1.29, 1.82) is 0 Å². The van der Waals surface area contributed by atoms with Crippen LogP contribution in [0.2, 0.25) is 5.02 Å². The Labute approximate surface area is 181 Å². The van der Waals surface area contributed by atoms with E-state index < -0.39 is 0 Å². The van der Waals surface area contributed by atoms with Crippen LogP contribution in [0.3, 0.4) is 0 Å². The molecule has 3 heterocycles. The molecule has 6 rings (SSSR count). The number of halogens is 1. The molecule has 31 heavy (non-hydrogen) atoms. The van der Waals surface area contributed by atoms with Crippen LogP contribution in [0, 0.1) is 0 Å². The Morgan fingerprint density at radius 2 is 1.77 bits per heavy atom. The highest BCUT2D eigenvalue weighted by Crippen LogP contribution is 2.36. The third kappa shape index (κ3) is 2.75. The first-order valence-corrected chi connectivity index (χ1v) is 10.2. The molecule has 0 aliphatic heterocycles. The van der Waals surface area contributed by atoms with Crippen LogP contribution in [-0.2, 0) is 0 Å². The second-order valence-corrected chi connectivity index (χ2v) is 7.79. The first-order valence-electron chi connectivity index (χ1n) is 9.83. The van der Waals surface area contributed by atoms with Crippen molar-refractivity contribution in [1.82, 2.24) is 19.9 Å². The van der Waals surface area contributed by atoms with Gasteiger partial charge < -0.3 is 9.97 Å². The zero-order valence-electron chi connectivity index (χ0n) is 16.2. The van der Waals surface area contributed by atoms with Gasteiger partial charge in [0.2, 0.25) is 0 Å². The summed E-state index contributed by atoms with van der Waals surface area (Å²) in [5.41, 5.74) is 4.29. The first-order chi connectivity index (χ1) is 15.2. The van der Waals surface area contributed by atoms with E-state index >= 15 is 0 Å². The van der Waals surface area contributed by atoms with Crippen LogP contribution in [0.5, 0.6) is 0 Å². The van der Waals surface area contributed by atoms with Crippen molar-refractivity contribution in [2.45, 2.75) is 0 Å². The van der Waals surface area contributed by atoms with E-state index in [1.54, 1.807) is 12.4 Å². The van der Waals surface area contributed by atoms with Gasteiger partial charge in [0.05, 0.1) is 21.4 Å². The maximum atomic E-state index is 12.9. The number of benzene rings is 3. The van der Waals surface area contributed by atoms with Gasteiger partial charge >= 0.3 is 0 Å². The molecule has 0 radical (unpaired) electrons. The predicted octanol–water partition coefficient (Wildman–Crippen LogP) is 5.94. The summed E-state index contributed by atoms with van der Waals surface area (Å²) in [6.07, 6.45) is 5.22. The maximum Gasteiger partial charge on any atom is 0.256 e. The summed E-state index contributed by atoms with van der Waals surface area (Å²) < 4.78 is 0. The summed E-state index contributed by atoms with van der Waals surface area (Å²) in [6, 6.07) is 19.5. The van der Waals surface area contributed by atoms with Crippen LogP contribution in [0.15, 0.2) is 84.0 Å². The molecule has 0 bridgehead atoms. The van der Waals surface area contributed by atoms with E-state index in [2.05, 4.69) is 15.0 Å². The Bertz CT molecular complexity index is 1670. The van der Waals surface area contributed by atoms with E-state index in [9.17, 15) is 4.79 Å². The molecule has 0 saturated carbocycles. The molecular weight excluding hydrogens is 408 g/mol. The van der Waals surface area contributed by atoms with Crippen molar-refractivity contribution in [3.8, 4) is 22.5 Å². The number of rotatable bonds is 2. The van der Waals surface area contributed by atoms with Crippen LogP contribution in [-0.4, -0.2) is 19.9 Å². The number of aromatic nitrogens is 4. The number of H-pyrrole nitrogens is 2. The smallest absolute Gasteiger partial charge is 0.256 e. The number of nitrogens with zero attached hydrogens (tertiary/aromatic N) is 2. The van der Waals surface area contributed by atoms with Gasteiger partial charge in [-0.1, -0.05) is 41.9 Å². The Kier molecular flexibility index (Phi) is 3.91. The Hall–Kier alpha value is -3.96. The minimum Gasteiger partial charge on any atom is -0.337 e. The highest BCUT2D eigenvalue weighted by atomic mass is 35.5. The third-order valence-corrected chi connectivity index (χ3v) is 5.93. The number of nitrogens with one attached hydrogen (secondary N) is 2. The zero-order chi connectivity index (χ0) is 20.9. The molecule has 3 aromatic carbocycles. The molecular formula is C25H15ClN4O. The molecule has 0 spiro atoms. The molecule has 6 aromatic rings. The molecule has 2 N–H and O–H groups in total. The second-order valence-electron chi connectivity index (χ2n) is 7.39.